The quantitative estimate of drug-likeness (QED) is 0.773. The number of aromatic hydroxyl groups is 1. The summed E-state index contributed by atoms with van der Waals surface area (Å²) in [6.07, 6.45) is 0.862. The average Bonchev–Trinajstić information content (AvgIpc) is 2.29. The fourth-order valence-electron chi connectivity index (χ4n) is 1.81. The van der Waals surface area contributed by atoms with Crippen LogP contribution < -0.4 is 10.2 Å². The molecule has 0 aliphatic heterocycles. The third-order valence-electron chi connectivity index (χ3n) is 2.84. The molecule has 0 saturated heterocycles. The summed E-state index contributed by atoms with van der Waals surface area (Å²) in [6, 6.07) is 5.95. The van der Waals surface area contributed by atoms with Gasteiger partial charge in [0.05, 0.1) is 0 Å². The predicted octanol–water partition coefficient (Wildman–Crippen LogP) is 2.00. The molecule has 0 unspecified atom stereocenters. The predicted molar refractivity (Wildman–Crippen MR) is 69.3 cm³/mol. The highest BCUT2D eigenvalue weighted by Gasteiger charge is 2.06. The van der Waals surface area contributed by atoms with E-state index >= 15 is 0 Å². The van der Waals surface area contributed by atoms with E-state index in [-0.39, 0.29) is 0 Å². The van der Waals surface area contributed by atoms with Gasteiger partial charge in [-0.1, -0.05) is 6.07 Å². The van der Waals surface area contributed by atoms with Crippen LogP contribution in [-0.2, 0) is 6.42 Å². The molecule has 3 nitrogen and oxygen atoms in total. The first-order valence-electron chi connectivity index (χ1n) is 5.94. The maximum absolute atomic E-state index is 9.90. The van der Waals surface area contributed by atoms with Crippen molar-refractivity contribution >= 4 is 5.69 Å². The molecule has 0 atom stereocenters. The van der Waals surface area contributed by atoms with Crippen LogP contribution in [0.3, 0.4) is 0 Å². The molecular weight excluding hydrogens is 200 g/mol. The van der Waals surface area contributed by atoms with Gasteiger partial charge in [-0.05, 0) is 45.5 Å². The minimum atomic E-state index is 0.402. The average molecular weight is 222 g/mol. The number of nitrogens with one attached hydrogen (secondary N) is 1. The Morgan fingerprint density at radius 2 is 1.94 bits per heavy atom. The third kappa shape index (κ3) is 3.14. The summed E-state index contributed by atoms with van der Waals surface area (Å²) in [4.78, 5) is 2.22. The smallest absolute Gasteiger partial charge is 0.120 e. The van der Waals surface area contributed by atoms with Crippen LogP contribution in [0.2, 0.25) is 0 Å². The summed E-state index contributed by atoms with van der Waals surface area (Å²) in [7, 11) is 1.92. The van der Waals surface area contributed by atoms with E-state index in [1.54, 1.807) is 0 Å². The van der Waals surface area contributed by atoms with E-state index in [2.05, 4.69) is 30.1 Å². The van der Waals surface area contributed by atoms with Gasteiger partial charge in [-0.25, -0.2) is 0 Å². The van der Waals surface area contributed by atoms with Gasteiger partial charge in [0.2, 0.25) is 0 Å². The first-order valence-corrected chi connectivity index (χ1v) is 5.94. The summed E-state index contributed by atoms with van der Waals surface area (Å²) in [5.74, 6) is 0.402. The second-order valence-corrected chi connectivity index (χ2v) is 3.84. The molecule has 0 radical (unpaired) electrons. The molecule has 0 aliphatic carbocycles. The largest absolute Gasteiger partial charge is 0.508 e. The molecular formula is C13H22N2O. The number of rotatable bonds is 6. The van der Waals surface area contributed by atoms with E-state index in [0.29, 0.717) is 5.75 Å². The Balaban J connectivity index is 2.81. The second kappa shape index (κ2) is 6.38. The van der Waals surface area contributed by atoms with Crippen LogP contribution >= 0.6 is 0 Å². The van der Waals surface area contributed by atoms with Crippen LogP contribution in [0.1, 0.15) is 19.4 Å². The molecule has 3 heteroatoms. The van der Waals surface area contributed by atoms with E-state index in [4.69, 9.17) is 0 Å². The molecule has 1 aromatic rings. The number of benzene rings is 1. The lowest BCUT2D eigenvalue weighted by molar-refractivity contribution is 0.467. The van der Waals surface area contributed by atoms with Crippen LogP contribution in [0.25, 0.3) is 0 Å². The van der Waals surface area contributed by atoms with E-state index in [1.165, 1.54) is 0 Å². The zero-order valence-electron chi connectivity index (χ0n) is 10.5. The fourth-order valence-corrected chi connectivity index (χ4v) is 1.81. The zero-order chi connectivity index (χ0) is 12.0. The van der Waals surface area contributed by atoms with Gasteiger partial charge in [-0.2, -0.15) is 0 Å². The number of phenols is 1. The molecule has 16 heavy (non-hydrogen) atoms. The molecule has 0 saturated carbocycles. The highest BCUT2D eigenvalue weighted by atomic mass is 16.3. The molecule has 0 aliphatic rings. The van der Waals surface area contributed by atoms with Crippen LogP contribution in [-0.4, -0.2) is 31.8 Å². The van der Waals surface area contributed by atoms with Crippen molar-refractivity contribution in [2.75, 3.05) is 31.6 Å². The topological polar surface area (TPSA) is 35.5 Å². The van der Waals surface area contributed by atoms with E-state index < -0.39 is 0 Å². The first-order chi connectivity index (χ1) is 7.72. The van der Waals surface area contributed by atoms with Crippen molar-refractivity contribution in [3.8, 4) is 5.75 Å². The lowest BCUT2D eigenvalue weighted by Gasteiger charge is -2.21. The second-order valence-electron chi connectivity index (χ2n) is 3.84. The van der Waals surface area contributed by atoms with Crippen LogP contribution in [0, 0.1) is 0 Å². The van der Waals surface area contributed by atoms with Crippen molar-refractivity contribution in [1.29, 1.82) is 0 Å². The number of nitrogens with zero attached hydrogens (tertiary/aromatic N) is 1. The molecule has 0 bridgehead atoms. The van der Waals surface area contributed by atoms with Crippen LogP contribution in [0.5, 0.6) is 5.75 Å². The molecule has 0 amide bonds. The van der Waals surface area contributed by atoms with Gasteiger partial charge in [0.1, 0.15) is 5.75 Å². The summed E-state index contributed by atoms with van der Waals surface area (Å²) in [6.45, 7) is 7.06. The molecule has 0 fully saturated rings. The highest BCUT2D eigenvalue weighted by Crippen LogP contribution is 2.24. The van der Waals surface area contributed by atoms with Crippen LogP contribution in [0.15, 0.2) is 18.2 Å². The van der Waals surface area contributed by atoms with E-state index in [9.17, 15) is 5.11 Å². The van der Waals surface area contributed by atoms with Gasteiger partial charge < -0.3 is 15.3 Å². The molecule has 1 rings (SSSR count). The lowest BCUT2D eigenvalue weighted by atomic mass is 10.1. The number of hydrogen-bond acceptors (Lipinski definition) is 3. The van der Waals surface area contributed by atoms with Gasteiger partial charge in [-0.3, -0.25) is 0 Å². The summed E-state index contributed by atoms with van der Waals surface area (Å²) >= 11 is 0. The van der Waals surface area contributed by atoms with Crippen molar-refractivity contribution in [2.45, 2.75) is 20.3 Å². The Hall–Kier alpha value is -1.22. The van der Waals surface area contributed by atoms with Crippen molar-refractivity contribution in [3.05, 3.63) is 23.8 Å². The van der Waals surface area contributed by atoms with Crippen LogP contribution in [0.4, 0.5) is 5.69 Å². The maximum Gasteiger partial charge on any atom is 0.120 e. The van der Waals surface area contributed by atoms with Crippen molar-refractivity contribution < 1.29 is 5.11 Å². The maximum atomic E-state index is 9.90. The van der Waals surface area contributed by atoms with E-state index in [0.717, 1.165) is 37.3 Å². The fraction of sp³-hybridized carbons (Fsp3) is 0.538. The SMILES string of the molecule is CCN(CC)c1ccc(CCNC)c(O)c1. The minimum absolute atomic E-state index is 0.402. The number of anilines is 1. The summed E-state index contributed by atoms with van der Waals surface area (Å²) in [5.41, 5.74) is 2.10. The van der Waals surface area contributed by atoms with Gasteiger partial charge in [0.25, 0.3) is 0 Å². The van der Waals surface area contributed by atoms with Gasteiger partial charge >= 0.3 is 0 Å². The van der Waals surface area contributed by atoms with Gasteiger partial charge in [-0.15, -0.1) is 0 Å². The van der Waals surface area contributed by atoms with E-state index in [1.807, 2.05) is 19.2 Å². The van der Waals surface area contributed by atoms with Crippen molar-refractivity contribution in [2.24, 2.45) is 0 Å². The monoisotopic (exact) mass is 222 g/mol. The highest BCUT2D eigenvalue weighted by molar-refractivity contribution is 5.53. The van der Waals surface area contributed by atoms with Gasteiger partial charge in [0, 0.05) is 24.8 Å². The normalized spacial score (nSPS) is 10.4. The molecule has 1 aromatic carbocycles. The Morgan fingerprint density at radius 1 is 1.25 bits per heavy atom. The number of phenolic OH excluding ortho intramolecular Hbond substituents is 1. The first kappa shape index (κ1) is 12.8. The van der Waals surface area contributed by atoms with Crippen molar-refractivity contribution in [1.82, 2.24) is 5.32 Å². The summed E-state index contributed by atoms with van der Waals surface area (Å²) in [5, 5.41) is 13.0. The Kier molecular flexibility index (Phi) is 5.12. The Bertz CT molecular complexity index is 322. The molecule has 0 spiro atoms. The molecule has 0 aromatic heterocycles. The van der Waals surface area contributed by atoms with Crippen molar-refractivity contribution in [3.63, 3.8) is 0 Å². The summed E-state index contributed by atoms with van der Waals surface area (Å²) < 4.78 is 0. The number of likely N-dealkylation sites (N-methyl/N-ethyl adjacent to an activating group) is 1. The molecule has 90 valence electrons. The standard InChI is InChI=1S/C13H22N2O/c1-4-15(5-2)12-7-6-11(8-9-14-3)13(16)10-12/h6-7,10,14,16H,4-5,8-9H2,1-3H3. The zero-order valence-corrected chi connectivity index (χ0v) is 10.5. The minimum Gasteiger partial charge on any atom is -0.508 e. The number of hydrogen-bond donors (Lipinski definition) is 2. The Labute approximate surface area is 98.1 Å². The molecule has 0 heterocycles. The third-order valence-corrected chi connectivity index (χ3v) is 2.84. The Morgan fingerprint density at radius 3 is 2.44 bits per heavy atom. The molecule has 2 N–H and O–H groups in total. The van der Waals surface area contributed by atoms with Gasteiger partial charge in [0.15, 0.2) is 0 Å². The lowest BCUT2D eigenvalue weighted by Crippen LogP contribution is -2.21.